The second-order valence-corrected chi connectivity index (χ2v) is 5.43. The third kappa shape index (κ3) is 2.97. The van der Waals surface area contributed by atoms with Crippen molar-refractivity contribution in [3.05, 3.63) is 38.9 Å². The molecule has 0 bridgehead atoms. The predicted molar refractivity (Wildman–Crippen MR) is 74.3 cm³/mol. The number of carboxylic acids is 1. The van der Waals surface area contributed by atoms with Gasteiger partial charge < -0.3 is 10.0 Å². The van der Waals surface area contributed by atoms with E-state index in [1.807, 2.05) is 0 Å². The Morgan fingerprint density at radius 1 is 1.48 bits per heavy atom. The number of nitro benzene ring substituents is 1. The van der Waals surface area contributed by atoms with Gasteiger partial charge in [0.25, 0.3) is 11.6 Å². The molecule has 0 aliphatic carbocycles. The van der Waals surface area contributed by atoms with E-state index >= 15 is 0 Å². The summed E-state index contributed by atoms with van der Waals surface area (Å²) in [7, 11) is 0. The van der Waals surface area contributed by atoms with Gasteiger partial charge in [-0.1, -0.05) is 18.5 Å². The van der Waals surface area contributed by atoms with Crippen LogP contribution in [0.15, 0.2) is 18.2 Å². The van der Waals surface area contributed by atoms with Crippen LogP contribution in [0.3, 0.4) is 0 Å². The second-order valence-electron chi connectivity index (χ2n) is 5.02. The Morgan fingerprint density at radius 3 is 2.62 bits per heavy atom. The van der Waals surface area contributed by atoms with Crippen LogP contribution in [-0.2, 0) is 4.79 Å². The molecule has 1 atom stereocenters. The van der Waals surface area contributed by atoms with Crippen LogP contribution in [0.25, 0.3) is 0 Å². The maximum absolute atomic E-state index is 12.2. The fourth-order valence-corrected chi connectivity index (χ4v) is 2.36. The maximum atomic E-state index is 12.2. The third-order valence-electron chi connectivity index (χ3n) is 3.68. The van der Waals surface area contributed by atoms with Crippen LogP contribution in [0.4, 0.5) is 5.69 Å². The molecule has 1 fully saturated rings. The van der Waals surface area contributed by atoms with Crippen molar-refractivity contribution < 1.29 is 19.6 Å². The molecule has 2 rings (SSSR count). The van der Waals surface area contributed by atoms with Gasteiger partial charge in [-0.05, 0) is 6.07 Å². The molecular weight excluding hydrogens is 300 g/mol. The number of aliphatic carboxylic acids is 1. The predicted octanol–water partition coefficient (Wildman–Crippen LogP) is 2.04. The number of carboxylic acid groups (broad SMARTS) is 1. The number of non-ortho nitro benzene ring substituents is 1. The lowest BCUT2D eigenvalue weighted by molar-refractivity contribution is -0.384. The molecule has 21 heavy (non-hydrogen) atoms. The molecule has 1 aliphatic rings. The molecule has 112 valence electrons. The number of nitrogens with zero attached hydrogens (tertiary/aromatic N) is 2. The monoisotopic (exact) mass is 312 g/mol. The molecule has 1 amide bonds. The van der Waals surface area contributed by atoms with Crippen LogP contribution in [0.5, 0.6) is 0 Å². The van der Waals surface area contributed by atoms with Crippen LogP contribution in [-0.4, -0.2) is 39.9 Å². The number of hydrogen-bond acceptors (Lipinski definition) is 4. The van der Waals surface area contributed by atoms with Crippen molar-refractivity contribution in [2.45, 2.75) is 6.92 Å². The van der Waals surface area contributed by atoms with E-state index < -0.39 is 22.7 Å². The number of rotatable bonds is 4. The van der Waals surface area contributed by atoms with E-state index in [0.29, 0.717) is 13.1 Å². The number of hydrogen-bond donors (Lipinski definition) is 1. The smallest absolute Gasteiger partial charge is 0.306 e. The van der Waals surface area contributed by atoms with Gasteiger partial charge in [-0.3, -0.25) is 19.7 Å². The zero-order chi connectivity index (χ0) is 15.7. The Balaban J connectivity index is 2.11. The Kier molecular flexibility index (Phi) is 4.13. The number of nitro groups is 1. The molecule has 8 heteroatoms. The lowest BCUT2D eigenvalue weighted by atomic mass is 9.86. The molecule has 7 nitrogen and oxygen atoms in total. The summed E-state index contributed by atoms with van der Waals surface area (Å²) in [6.45, 7) is 2.21. The van der Waals surface area contributed by atoms with Gasteiger partial charge in [0.2, 0.25) is 0 Å². The first-order chi connectivity index (χ1) is 9.81. The fourth-order valence-electron chi connectivity index (χ4n) is 2.16. The van der Waals surface area contributed by atoms with Crippen molar-refractivity contribution in [2.75, 3.05) is 13.1 Å². The minimum absolute atomic E-state index is 0.0623. The van der Waals surface area contributed by atoms with Gasteiger partial charge in [-0.25, -0.2) is 0 Å². The van der Waals surface area contributed by atoms with E-state index in [2.05, 4.69) is 0 Å². The summed E-state index contributed by atoms with van der Waals surface area (Å²) in [6, 6.07) is 3.67. The average Bonchev–Trinajstić information content (AvgIpc) is 2.36. The van der Waals surface area contributed by atoms with Gasteiger partial charge >= 0.3 is 5.97 Å². The summed E-state index contributed by atoms with van der Waals surface area (Å²) in [4.78, 5) is 34.7. The number of benzene rings is 1. The molecule has 1 N–H and O–H groups in total. The summed E-state index contributed by atoms with van der Waals surface area (Å²) in [5.74, 6) is -1.96. The summed E-state index contributed by atoms with van der Waals surface area (Å²) in [5, 5.41) is 19.8. The van der Waals surface area contributed by atoms with Crippen molar-refractivity contribution >= 4 is 29.2 Å². The van der Waals surface area contributed by atoms with Crippen LogP contribution >= 0.6 is 11.6 Å². The number of carbonyl (C=O) groups excluding carboxylic acids is 1. The van der Waals surface area contributed by atoms with E-state index in [0.717, 1.165) is 6.07 Å². The second kappa shape index (κ2) is 5.69. The van der Waals surface area contributed by atoms with Gasteiger partial charge in [-0.2, -0.15) is 0 Å². The van der Waals surface area contributed by atoms with Crippen LogP contribution in [0.2, 0.25) is 5.02 Å². The first kappa shape index (κ1) is 15.2. The molecule has 1 saturated heterocycles. The van der Waals surface area contributed by atoms with Gasteiger partial charge in [0.15, 0.2) is 0 Å². The third-order valence-corrected chi connectivity index (χ3v) is 4.01. The van der Waals surface area contributed by atoms with Crippen molar-refractivity contribution in [1.29, 1.82) is 0 Å². The summed E-state index contributed by atoms with van der Waals surface area (Å²) in [5.41, 5.74) is -0.147. The molecule has 0 saturated carbocycles. The van der Waals surface area contributed by atoms with Crippen molar-refractivity contribution in [2.24, 2.45) is 11.8 Å². The SMILES string of the molecule is CC(C(=O)O)C1CN(C(=O)c2cc([N+](=O)[O-])ccc2Cl)C1. The summed E-state index contributed by atoms with van der Waals surface area (Å²) < 4.78 is 0. The van der Waals surface area contributed by atoms with E-state index in [-0.39, 0.29) is 22.2 Å². The molecular formula is C13H13ClN2O5. The number of carbonyl (C=O) groups is 2. The van der Waals surface area contributed by atoms with Gasteiger partial charge in [0.1, 0.15) is 0 Å². The van der Waals surface area contributed by atoms with Crippen molar-refractivity contribution in [3.8, 4) is 0 Å². The molecule has 1 heterocycles. The fraction of sp³-hybridized carbons (Fsp3) is 0.385. The molecule has 0 aromatic heterocycles. The average molecular weight is 313 g/mol. The Labute approximate surface area is 125 Å². The van der Waals surface area contributed by atoms with E-state index in [1.54, 1.807) is 6.92 Å². The first-order valence-corrected chi connectivity index (χ1v) is 6.65. The van der Waals surface area contributed by atoms with Crippen LogP contribution < -0.4 is 0 Å². The topological polar surface area (TPSA) is 101 Å². The van der Waals surface area contributed by atoms with Gasteiger partial charge in [-0.15, -0.1) is 0 Å². The van der Waals surface area contributed by atoms with E-state index in [1.165, 1.54) is 17.0 Å². The van der Waals surface area contributed by atoms with Crippen molar-refractivity contribution in [3.63, 3.8) is 0 Å². The Morgan fingerprint density at radius 2 is 2.10 bits per heavy atom. The number of likely N-dealkylation sites (tertiary alicyclic amines) is 1. The van der Waals surface area contributed by atoms with Gasteiger partial charge in [0.05, 0.1) is 21.4 Å². The van der Waals surface area contributed by atoms with Gasteiger partial charge in [0, 0.05) is 31.1 Å². The summed E-state index contributed by atoms with van der Waals surface area (Å²) in [6.07, 6.45) is 0. The first-order valence-electron chi connectivity index (χ1n) is 6.27. The molecule has 0 spiro atoms. The lowest BCUT2D eigenvalue weighted by Crippen LogP contribution is -2.53. The molecule has 1 unspecified atom stereocenters. The highest BCUT2D eigenvalue weighted by Crippen LogP contribution is 2.29. The zero-order valence-electron chi connectivity index (χ0n) is 11.2. The van der Waals surface area contributed by atoms with E-state index in [4.69, 9.17) is 16.7 Å². The van der Waals surface area contributed by atoms with E-state index in [9.17, 15) is 19.7 Å². The van der Waals surface area contributed by atoms with Crippen LogP contribution in [0, 0.1) is 22.0 Å². The highest BCUT2D eigenvalue weighted by atomic mass is 35.5. The Hall–Kier alpha value is -2.15. The van der Waals surface area contributed by atoms with Crippen molar-refractivity contribution in [1.82, 2.24) is 4.90 Å². The lowest BCUT2D eigenvalue weighted by Gasteiger charge is -2.41. The standard InChI is InChI=1S/C13H13ClN2O5/c1-7(13(18)19)8-5-15(6-8)12(17)10-4-9(16(20)21)2-3-11(10)14/h2-4,7-8H,5-6H2,1H3,(H,18,19). The molecule has 1 aliphatic heterocycles. The molecule has 1 aromatic rings. The number of halogens is 1. The normalized spacial score (nSPS) is 16.2. The summed E-state index contributed by atoms with van der Waals surface area (Å²) >= 11 is 5.91. The molecule has 1 aromatic carbocycles. The largest absolute Gasteiger partial charge is 0.481 e. The van der Waals surface area contributed by atoms with Crippen LogP contribution in [0.1, 0.15) is 17.3 Å². The zero-order valence-corrected chi connectivity index (χ0v) is 11.9. The number of amides is 1. The minimum atomic E-state index is -0.902. The Bertz CT molecular complexity index is 613. The highest BCUT2D eigenvalue weighted by Gasteiger charge is 2.38. The highest BCUT2D eigenvalue weighted by molar-refractivity contribution is 6.34. The maximum Gasteiger partial charge on any atom is 0.306 e. The quantitative estimate of drug-likeness (QED) is 0.677. The minimum Gasteiger partial charge on any atom is -0.481 e. The molecule has 0 radical (unpaired) electrons.